The summed E-state index contributed by atoms with van der Waals surface area (Å²) in [6, 6.07) is 8.45. The van der Waals surface area contributed by atoms with Crippen LogP contribution in [0.25, 0.3) is 0 Å². The third-order valence-electron chi connectivity index (χ3n) is 8.29. The van der Waals surface area contributed by atoms with E-state index in [4.69, 9.17) is 0 Å². The van der Waals surface area contributed by atoms with Gasteiger partial charge in [0.1, 0.15) is 17.7 Å². The molecule has 0 saturated carbocycles. The van der Waals surface area contributed by atoms with E-state index in [0.717, 1.165) is 68.9 Å². The fraction of sp³-hybridized carbons (Fsp3) is 0.600. The van der Waals surface area contributed by atoms with E-state index in [1.165, 1.54) is 0 Å². The Morgan fingerprint density at radius 2 is 2.00 bits per heavy atom. The van der Waals surface area contributed by atoms with Crippen LogP contribution in [0.2, 0.25) is 0 Å². The van der Waals surface area contributed by atoms with Crippen LogP contribution in [-0.4, -0.2) is 75.1 Å². The summed E-state index contributed by atoms with van der Waals surface area (Å²) in [7, 11) is 0. The summed E-state index contributed by atoms with van der Waals surface area (Å²) < 4.78 is 1.92. The zero-order valence-corrected chi connectivity index (χ0v) is 19.8. The SMILES string of the molecule is CCn1ncnc1CN1CCCNC(=O)[C@@H]2C[C@@H]3CCCN3[C@@]23C(=O)N(CC1)c1ccccc13. The molecule has 3 fully saturated rings. The van der Waals surface area contributed by atoms with Crippen molar-refractivity contribution in [1.29, 1.82) is 0 Å². The predicted molar refractivity (Wildman–Crippen MR) is 127 cm³/mol. The first-order valence-corrected chi connectivity index (χ1v) is 12.7. The number of nitrogens with zero attached hydrogens (tertiary/aromatic N) is 6. The van der Waals surface area contributed by atoms with E-state index < -0.39 is 5.54 Å². The molecular formula is C25H33N7O2. The molecule has 9 nitrogen and oxygen atoms in total. The summed E-state index contributed by atoms with van der Waals surface area (Å²) in [5, 5.41) is 7.51. The topological polar surface area (TPSA) is 86.6 Å². The molecule has 2 aromatic rings. The Hall–Kier alpha value is -2.78. The van der Waals surface area contributed by atoms with Gasteiger partial charge in [-0.3, -0.25) is 19.4 Å². The van der Waals surface area contributed by atoms with Crippen LogP contribution in [0.4, 0.5) is 5.69 Å². The number of nitrogens with one attached hydrogen (secondary N) is 1. The van der Waals surface area contributed by atoms with E-state index in [9.17, 15) is 9.59 Å². The van der Waals surface area contributed by atoms with Gasteiger partial charge in [0.05, 0.1) is 12.5 Å². The molecule has 180 valence electrons. The lowest BCUT2D eigenvalue weighted by Gasteiger charge is -2.37. The van der Waals surface area contributed by atoms with Crippen molar-refractivity contribution in [1.82, 2.24) is 29.9 Å². The summed E-state index contributed by atoms with van der Waals surface area (Å²) in [4.78, 5) is 39.0. The Morgan fingerprint density at radius 1 is 1.12 bits per heavy atom. The lowest BCUT2D eigenvalue weighted by atomic mass is 9.78. The average molecular weight is 464 g/mol. The third kappa shape index (κ3) is 3.13. The molecule has 0 radical (unpaired) electrons. The zero-order chi connectivity index (χ0) is 23.3. The fourth-order valence-electron chi connectivity index (χ4n) is 6.81. The molecule has 3 atom stereocenters. The fourth-order valence-corrected chi connectivity index (χ4v) is 6.81. The van der Waals surface area contributed by atoms with Gasteiger partial charge in [0.15, 0.2) is 0 Å². The monoisotopic (exact) mass is 463 g/mol. The molecule has 1 spiro atoms. The molecule has 9 heteroatoms. The molecule has 2 bridgehead atoms. The van der Waals surface area contributed by atoms with Gasteiger partial charge in [-0.2, -0.15) is 5.10 Å². The van der Waals surface area contributed by atoms with E-state index in [-0.39, 0.29) is 17.7 Å². The number of amides is 2. The Bertz CT molecular complexity index is 1100. The summed E-state index contributed by atoms with van der Waals surface area (Å²) >= 11 is 0. The van der Waals surface area contributed by atoms with E-state index in [0.29, 0.717) is 25.7 Å². The van der Waals surface area contributed by atoms with Crippen molar-refractivity contribution >= 4 is 17.5 Å². The third-order valence-corrected chi connectivity index (χ3v) is 8.29. The number of para-hydroxylation sites is 1. The molecule has 2 amide bonds. The largest absolute Gasteiger partial charge is 0.356 e. The first kappa shape index (κ1) is 21.7. The van der Waals surface area contributed by atoms with Gasteiger partial charge in [-0.15, -0.1) is 0 Å². The van der Waals surface area contributed by atoms with Crippen LogP contribution >= 0.6 is 0 Å². The van der Waals surface area contributed by atoms with Gasteiger partial charge in [-0.25, -0.2) is 9.67 Å². The molecule has 34 heavy (non-hydrogen) atoms. The normalized spacial score (nSPS) is 29.9. The maximum Gasteiger partial charge on any atom is 0.253 e. The maximum absolute atomic E-state index is 14.4. The second kappa shape index (κ2) is 8.46. The maximum atomic E-state index is 14.4. The van der Waals surface area contributed by atoms with E-state index >= 15 is 0 Å². The molecule has 1 aromatic carbocycles. The van der Waals surface area contributed by atoms with E-state index in [1.807, 2.05) is 21.7 Å². The molecule has 1 aromatic heterocycles. The Kier molecular flexibility index (Phi) is 5.41. The molecule has 3 saturated heterocycles. The molecule has 4 aliphatic heterocycles. The van der Waals surface area contributed by atoms with Crippen molar-refractivity contribution in [3.8, 4) is 0 Å². The van der Waals surface area contributed by atoms with Crippen molar-refractivity contribution in [3.63, 3.8) is 0 Å². The number of rotatable bonds is 3. The van der Waals surface area contributed by atoms with Crippen LogP contribution < -0.4 is 10.2 Å². The quantitative estimate of drug-likeness (QED) is 0.740. The van der Waals surface area contributed by atoms with Crippen molar-refractivity contribution in [2.45, 2.75) is 57.3 Å². The number of aromatic nitrogens is 3. The number of aryl methyl sites for hydroxylation is 1. The minimum Gasteiger partial charge on any atom is -0.356 e. The smallest absolute Gasteiger partial charge is 0.253 e. The first-order chi connectivity index (χ1) is 16.6. The highest BCUT2D eigenvalue weighted by molar-refractivity contribution is 6.10. The molecule has 0 unspecified atom stereocenters. The van der Waals surface area contributed by atoms with Gasteiger partial charge in [0.25, 0.3) is 5.91 Å². The van der Waals surface area contributed by atoms with Gasteiger partial charge >= 0.3 is 0 Å². The molecule has 6 rings (SSSR count). The molecule has 5 heterocycles. The van der Waals surface area contributed by atoms with Crippen molar-refractivity contribution < 1.29 is 9.59 Å². The van der Waals surface area contributed by atoms with Crippen LogP contribution in [0, 0.1) is 5.92 Å². The van der Waals surface area contributed by atoms with Gasteiger partial charge in [0.2, 0.25) is 5.91 Å². The van der Waals surface area contributed by atoms with Gasteiger partial charge in [-0.1, -0.05) is 18.2 Å². The number of carbonyl (C=O) groups is 2. The number of carbonyl (C=O) groups excluding carboxylic acids is 2. The second-order valence-corrected chi connectivity index (χ2v) is 9.93. The van der Waals surface area contributed by atoms with E-state index in [1.54, 1.807) is 6.33 Å². The number of fused-ring (bicyclic) bond motifs is 4. The predicted octanol–water partition coefficient (Wildman–Crippen LogP) is 1.35. The Balaban J connectivity index is 1.37. The number of anilines is 1. The number of benzene rings is 1. The van der Waals surface area contributed by atoms with Crippen LogP contribution in [0.15, 0.2) is 30.6 Å². The second-order valence-electron chi connectivity index (χ2n) is 9.93. The van der Waals surface area contributed by atoms with Crippen molar-refractivity contribution in [3.05, 3.63) is 42.0 Å². The highest BCUT2D eigenvalue weighted by Gasteiger charge is 2.67. The molecular weight excluding hydrogens is 430 g/mol. The van der Waals surface area contributed by atoms with Crippen LogP contribution in [-0.2, 0) is 28.2 Å². The van der Waals surface area contributed by atoms with Crippen molar-refractivity contribution in [2.75, 3.05) is 37.6 Å². The Morgan fingerprint density at radius 3 is 2.88 bits per heavy atom. The standard InChI is InChI=1S/C25H33N7O2/c1-2-32-22(27-17-28-32)16-29-11-6-10-26-23(33)20-15-18-7-5-12-31(18)25(20)19-8-3-4-9-21(19)30(14-13-29)24(25)34/h3-4,8-9,17-18,20H,2,5-7,10-16H2,1H3,(H,26,33)/t18-,20-,25+/m0/s1. The molecule has 1 N–H and O–H groups in total. The van der Waals surface area contributed by atoms with Crippen LogP contribution in [0.5, 0.6) is 0 Å². The van der Waals surface area contributed by atoms with Crippen LogP contribution in [0.1, 0.15) is 44.0 Å². The lowest BCUT2D eigenvalue weighted by molar-refractivity contribution is -0.139. The highest BCUT2D eigenvalue weighted by Crippen LogP contribution is 2.56. The van der Waals surface area contributed by atoms with Crippen molar-refractivity contribution in [2.24, 2.45) is 5.92 Å². The summed E-state index contributed by atoms with van der Waals surface area (Å²) in [6.07, 6.45) is 5.37. The average Bonchev–Trinajstić information content (AvgIpc) is 3.60. The summed E-state index contributed by atoms with van der Waals surface area (Å²) in [5.41, 5.74) is 1.11. The van der Waals surface area contributed by atoms with Gasteiger partial charge < -0.3 is 10.2 Å². The van der Waals surface area contributed by atoms with Gasteiger partial charge in [-0.05, 0) is 45.2 Å². The first-order valence-electron chi connectivity index (χ1n) is 12.7. The lowest BCUT2D eigenvalue weighted by Crippen LogP contribution is -2.57. The zero-order valence-electron chi connectivity index (χ0n) is 19.8. The minimum absolute atomic E-state index is 0.0252. The van der Waals surface area contributed by atoms with E-state index in [2.05, 4.69) is 44.3 Å². The number of hydrogen-bond donors (Lipinski definition) is 1. The summed E-state index contributed by atoms with van der Waals surface area (Å²) in [5.74, 6) is 0.696. The molecule has 0 aliphatic carbocycles. The van der Waals surface area contributed by atoms with Crippen LogP contribution in [0.3, 0.4) is 0 Å². The van der Waals surface area contributed by atoms with Gasteiger partial charge in [0, 0.05) is 50.0 Å². The number of hydrogen-bond acceptors (Lipinski definition) is 6. The highest BCUT2D eigenvalue weighted by atomic mass is 16.2. The minimum atomic E-state index is -0.867. The Labute approximate surface area is 200 Å². The summed E-state index contributed by atoms with van der Waals surface area (Å²) in [6.45, 7) is 7.18. The molecule has 4 aliphatic rings.